The molecule has 0 spiro atoms. The molecule has 2 fully saturated rings. The number of carbonyl (C=O) groups excluding carboxylic acids is 1. The van der Waals surface area contributed by atoms with Gasteiger partial charge in [-0.3, -0.25) is 9.59 Å². The van der Waals surface area contributed by atoms with Crippen LogP contribution < -0.4 is 5.56 Å². The molecule has 5 nitrogen and oxygen atoms in total. The molecular weight excluding hydrogens is 312 g/mol. The van der Waals surface area contributed by atoms with Crippen molar-refractivity contribution in [3.63, 3.8) is 0 Å². The molecule has 3 heterocycles. The molecule has 1 aliphatic heterocycles. The number of aromatic amines is 1. The molecule has 2 aromatic rings. The Balaban J connectivity index is 1.55. The summed E-state index contributed by atoms with van der Waals surface area (Å²) in [5.74, 6) is 0.335. The molecule has 1 atom stereocenters. The van der Waals surface area contributed by atoms with Crippen LogP contribution in [0.5, 0.6) is 0 Å². The van der Waals surface area contributed by atoms with E-state index in [4.69, 9.17) is 4.74 Å². The van der Waals surface area contributed by atoms with Crippen molar-refractivity contribution >= 4 is 17.2 Å². The summed E-state index contributed by atoms with van der Waals surface area (Å²) in [6.45, 7) is 1.62. The number of thiophene rings is 1. The van der Waals surface area contributed by atoms with Gasteiger partial charge in [0.05, 0.1) is 13.2 Å². The molecule has 6 heteroatoms. The van der Waals surface area contributed by atoms with Crippen LogP contribution in [-0.2, 0) is 4.74 Å². The fraction of sp³-hybridized carbons (Fsp3) is 0.412. The van der Waals surface area contributed by atoms with Gasteiger partial charge in [-0.1, -0.05) is 6.07 Å². The summed E-state index contributed by atoms with van der Waals surface area (Å²) in [6.07, 6.45) is 2.11. The van der Waals surface area contributed by atoms with Crippen molar-refractivity contribution in [2.45, 2.75) is 24.9 Å². The lowest BCUT2D eigenvalue weighted by Gasteiger charge is -2.32. The van der Waals surface area contributed by atoms with Gasteiger partial charge in [0.25, 0.3) is 5.91 Å². The largest absolute Gasteiger partial charge is 0.369 e. The molecule has 23 heavy (non-hydrogen) atoms. The van der Waals surface area contributed by atoms with E-state index in [1.165, 1.54) is 6.07 Å². The van der Waals surface area contributed by atoms with Crippen molar-refractivity contribution < 1.29 is 9.53 Å². The molecule has 2 aliphatic rings. The molecule has 1 amide bonds. The second-order valence-corrected chi connectivity index (χ2v) is 7.07. The fourth-order valence-corrected chi connectivity index (χ4v) is 3.73. The Morgan fingerprint density at radius 3 is 2.96 bits per heavy atom. The third-order valence-corrected chi connectivity index (χ3v) is 5.31. The van der Waals surface area contributed by atoms with Crippen molar-refractivity contribution in [2.75, 3.05) is 19.7 Å². The van der Waals surface area contributed by atoms with E-state index in [0.717, 1.165) is 23.4 Å². The first-order valence-corrected chi connectivity index (χ1v) is 8.77. The minimum atomic E-state index is -0.194. The van der Waals surface area contributed by atoms with E-state index in [1.54, 1.807) is 16.2 Å². The predicted molar refractivity (Wildman–Crippen MR) is 88.0 cm³/mol. The number of morpholine rings is 1. The Hall–Kier alpha value is -1.92. The first kappa shape index (κ1) is 14.7. The van der Waals surface area contributed by atoms with E-state index in [1.807, 2.05) is 23.6 Å². The van der Waals surface area contributed by atoms with Crippen molar-refractivity contribution in [2.24, 2.45) is 0 Å². The summed E-state index contributed by atoms with van der Waals surface area (Å²) in [6, 6.07) is 7.27. The number of hydrogen-bond donors (Lipinski definition) is 1. The van der Waals surface area contributed by atoms with E-state index in [0.29, 0.717) is 31.2 Å². The monoisotopic (exact) mass is 330 g/mol. The number of H-pyrrole nitrogens is 1. The van der Waals surface area contributed by atoms with E-state index < -0.39 is 0 Å². The first-order chi connectivity index (χ1) is 11.2. The smallest absolute Gasteiger partial charge is 0.254 e. The first-order valence-electron chi connectivity index (χ1n) is 7.89. The Labute approximate surface area is 137 Å². The summed E-state index contributed by atoms with van der Waals surface area (Å²) in [7, 11) is 0. The average molecular weight is 330 g/mol. The van der Waals surface area contributed by atoms with E-state index >= 15 is 0 Å². The van der Waals surface area contributed by atoms with E-state index in [-0.39, 0.29) is 17.6 Å². The third-order valence-electron chi connectivity index (χ3n) is 4.34. The normalized spacial score (nSPS) is 21.4. The van der Waals surface area contributed by atoms with Gasteiger partial charge >= 0.3 is 0 Å². The summed E-state index contributed by atoms with van der Waals surface area (Å²) < 4.78 is 5.78. The minimum Gasteiger partial charge on any atom is -0.369 e. The molecule has 1 aliphatic carbocycles. The number of nitrogens with zero attached hydrogens (tertiary/aromatic N) is 1. The lowest BCUT2D eigenvalue weighted by Crippen LogP contribution is -2.42. The van der Waals surface area contributed by atoms with Crippen LogP contribution in [0.25, 0.3) is 0 Å². The van der Waals surface area contributed by atoms with Crippen LogP contribution in [-0.4, -0.2) is 35.5 Å². The molecule has 1 saturated carbocycles. The maximum atomic E-state index is 12.8. The van der Waals surface area contributed by atoms with Crippen molar-refractivity contribution in [1.29, 1.82) is 0 Å². The van der Waals surface area contributed by atoms with Crippen LogP contribution >= 0.6 is 11.3 Å². The molecule has 0 bridgehead atoms. The Kier molecular flexibility index (Phi) is 3.79. The van der Waals surface area contributed by atoms with Crippen LogP contribution in [0, 0.1) is 0 Å². The van der Waals surface area contributed by atoms with Crippen molar-refractivity contribution in [3.05, 3.63) is 56.1 Å². The number of aromatic nitrogens is 1. The highest BCUT2D eigenvalue weighted by Crippen LogP contribution is 2.38. The molecule has 0 radical (unpaired) electrons. The summed E-state index contributed by atoms with van der Waals surface area (Å²) >= 11 is 1.64. The van der Waals surface area contributed by atoms with Gasteiger partial charge in [-0.15, -0.1) is 11.3 Å². The van der Waals surface area contributed by atoms with Gasteiger partial charge in [-0.05, 0) is 36.3 Å². The molecule has 4 rings (SSSR count). The van der Waals surface area contributed by atoms with Crippen molar-refractivity contribution in [1.82, 2.24) is 9.88 Å². The summed E-state index contributed by atoms with van der Waals surface area (Å²) in [5, 5.41) is 2.01. The standard InChI is InChI=1S/C17H18N2O3S/c20-16-9-12(8-13(18-16)11-3-4-11)17(21)19-5-6-22-14(10-19)15-2-1-7-23-15/h1-2,7-9,11,14H,3-6,10H2,(H,18,20). The Morgan fingerprint density at radius 2 is 2.22 bits per heavy atom. The zero-order chi connectivity index (χ0) is 15.8. The van der Waals surface area contributed by atoms with Gasteiger partial charge in [-0.2, -0.15) is 0 Å². The highest BCUT2D eigenvalue weighted by atomic mass is 32.1. The van der Waals surface area contributed by atoms with E-state index in [2.05, 4.69) is 4.98 Å². The van der Waals surface area contributed by atoms with Gasteiger partial charge in [0.2, 0.25) is 5.56 Å². The Morgan fingerprint density at radius 1 is 1.35 bits per heavy atom. The van der Waals surface area contributed by atoms with Crippen LogP contribution in [0.1, 0.15) is 45.8 Å². The molecule has 120 valence electrons. The minimum absolute atomic E-state index is 0.0717. The maximum absolute atomic E-state index is 12.8. The number of pyridine rings is 1. The third kappa shape index (κ3) is 3.09. The molecular formula is C17H18N2O3S. The van der Waals surface area contributed by atoms with E-state index in [9.17, 15) is 9.59 Å². The van der Waals surface area contributed by atoms with Gasteiger partial charge in [-0.25, -0.2) is 0 Å². The summed E-state index contributed by atoms with van der Waals surface area (Å²) in [4.78, 5) is 30.4. The highest BCUT2D eigenvalue weighted by Gasteiger charge is 2.29. The zero-order valence-corrected chi connectivity index (χ0v) is 13.5. The zero-order valence-electron chi connectivity index (χ0n) is 12.7. The van der Waals surface area contributed by atoms with Gasteiger partial charge in [0.15, 0.2) is 0 Å². The summed E-state index contributed by atoms with van der Waals surface area (Å²) in [5.41, 5.74) is 1.19. The maximum Gasteiger partial charge on any atom is 0.254 e. The van der Waals surface area contributed by atoms with Crippen LogP contribution in [0.15, 0.2) is 34.4 Å². The predicted octanol–water partition coefficient (Wildman–Crippen LogP) is 2.53. The van der Waals surface area contributed by atoms with Crippen LogP contribution in [0.3, 0.4) is 0 Å². The van der Waals surface area contributed by atoms with Crippen LogP contribution in [0.2, 0.25) is 0 Å². The molecule has 1 N–H and O–H groups in total. The number of rotatable bonds is 3. The molecule has 1 unspecified atom stereocenters. The second kappa shape index (κ2) is 5.94. The molecule has 2 aromatic heterocycles. The second-order valence-electron chi connectivity index (χ2n) is 6.09. The van der Waals surface area contributed by atoms with Gasteiger partial charge in [0, 0.05) is 28.7 Å². The number of hydrogen-bond acceptors (Lipinski definition) is 4. The lowest BCUT2D eigenvalue weighted by molar-refractivity contribution is -0.0211. The topological polar surface area (TPSA) is 62.4 Å². The molecule has 0 aromatic carbocycles. The quantitative estimate of drug-likeness (QED) is 0.941. The lowest BCUT2D eigenvalue weighted by atomic mass is 10.1. The number of carbonyl (C=O) groups is 1. The van der Waals surface area contributed by atoms with Crippen molar-refractivity contribution in [3.8, 4) is 0 Å². The highest BCUT2D eigenvalue weighted by molar-refractivity contribution is 7.10. The van der Waals surface area contributed by atoms with Crippen LogP contribution in [0.4, 0.5) is 0 Å². The Bertz CT molecular complexity index is 764. The van der Waals surface area contributed by atoms with Gasteiger partial charge in [0.1, 0.15) is 6.10 Å². The SMILES string of the molecule is O=C(c1cc(C2CC2)[nH]c(=O)c1)N1CCOC(c2cccs2)C1. The average Bonchev–Trinajstić information content (AvgIpc) is 3.28. The molecule has 1 saturated heterocycles. The number of amides is 1. The van der Waals surface area contributed by atoms with Gasteiger partial charge < -0.3 is 14.6 Å². The fourth-order valence-electron chi connectivity index (χ4n) is 2.97. The number of ether oxygens (including phenoxy) is 1. The number of nitrogens with one attached hydrogen (secondary N) is 1.